The first-order valence-corrected chi connectivity index (χ1v) is 9.46. The number of aryl methyl sites for hydroxylation is 1. The Morgan fingerprint density at radius 1 is 1.10 bits per heavy atom. The minimum atomic E-state index is -0.471. The molecule has 10 nitrogen and oxygen atoms in total. The van der Waals surface area contributed by atoms with Crippen molar-refractivity contribution in [2.45, 2.75) is 20.0 Å². The highest BCUT2D eigenvalue weighted by Gasteiger charge is 2.19. The maximum atomic E-state index is 12.4. The molecule has 3 rings (SSSR count). The number of anilines is 2. The second-order valence-corrected chi connectivity index (χ2v) is 6.76. The lowest BCUT2D eigenvalue weighted by Crippen LogP contribution is -2.25. The van der Waals surface area contributed by atoms with Crippen LogP contribution in [0.5, 0.6) is 11.5 Å². The minimum absolute atomic E-state index is 0.00162. The summed E-state index contributed by atoms with van der Waals surface area (Å²) in [5, 5.41) is 13.1. The average Bonchev–Trinajstić information content (AvgIpc) is 3.13. The zero-order valence-corrected chi connectivity index (χ0v) is 17.5. The number of nitrogen functional groups attached to an aromatic ring is 1. The van der Waals surface area contributed by atoms with Gasteiger partial charge in [0.05, 0.1) is 19.9 Å². The van der Waals surface area contributed by atoms with Crippen molar-refractivity contribution in [3.05, 3.63) is 59.3 Å². The van der Waals surface area contributed by atoms with Crippen LogP contribution in [-0.2, 0) is 17.9 Å². The predicted molar refractivity (Wildman–Crippen MR) is 115 cm³/mol. The molecule has 2 aromatic carbocycles. The van der Waals surface area contributed by atoms with Gasteiger partial charge < -0.3 is 25.8 Å². The molecule has 0 atom stereocenters. The lowest BCUT2D eigenvalue weighted by atomic mass is 10.1. The molecule has 31 heavy (non-hydrogen) atoms. The number of nitrogens with one attached hydrogen (secondary N) is 2. The maximum absolute atomic E-state index is 12.4. The van der Waals surface area contributed by atoms with Gasteiger partial charge in [0.2, 0.25) is 5.91 Å². The standard InChI is InChI=1S/C21H24N6O4/c1-13-4-6-14(7-5-13)11-23-21(29)19-20(22)27(26-25-19)12-18(28)24-16-9-8-15(30-2)10-17(16)31-3/h4-10H,11-12,22H2,1-3H3,(H,23,29)(H,24,28). The molecule has 1 aromatic heterocycles. The van der Waals surface area contributed by atoms with Crippen LogP contribution in [-0.4, -0.2) is 41.0 Å². The molecule has 0 fully saturated rings. The van der Waals surface area contributed by atoms with E-state index in [0.29, 0.717) is 23.7 Å². The predicted octanol–water partition coefficient (Wildman–Crippen LogP) is 1.75. The molecule has 0 spiro atoms. The first-order valence-electron chi connectivity index (χ1n) is 9.46. The largest absolute Gasteiger partial charge is 0.497 e. The van der Waals surface area contributed by atoms with Crippen LogP contribution in [0.1, 0.15) is 21.6 Å². The van der Waals surface area contributed by atoms with E-state index >= 15 is 0 Å². The Morgan fingerprint density at radius 3 is 2.52 bits per heavy atom. The van der Waals surface area contributed by atoms with Crippen LogP contribution in [0.3, 0.4) is 0 Å². The second kappa shape index (κ2) is 9.61. The number of ether oxygens (including phenoxy) is 2. The van der Waals surface area contributed by atoms with E-state index in [2.05, 4.69) is 20.9 Å². The van der Waals surface area contributed by atoms with E-state index in [1.807, 2.05) is 31.2 Å². The Balaban J connectivity index is 1.62. The SMILES string of the molecule is COc1ccc(NC(=O)Cn2nnc(C(=O)NCc3ccc(C)cc3)c2N)c(OC)c1. The van der Waals surface area contributed by atoms with Crippen molar-refractivity contribution >= 4 is 23.3 Å². The van der Waals surface area contributed by atoms with Crippen molar-refractivity contribution < 1.29 is 19.1 Å². The molecule has 162 valence electrons. The summed E-state index contributed by atoms with van der Waals surface area (Å²) in [6, 6.07) is 12.8. The van der Waals surface area contributed by atoms with E-state index in [4.69, 9.17) is 15.2 Å². The minimum Gasteiger partial charge on any atom is -0.497 e. The summed E-state index contributed by atoms with van der Waals surface area (Å²) in [5.74, 6) is 0.151. The number of nitrogens with zero attached hydrogens (tertiary/aromatic N) is 3. The van der Waals surface area contributed by atoms with Gasteiger partial charge in [0.1, 0.15) is 18.0 Å². The maximum Gasteiger partial charge on any atom is 0.275 e. The summed E-state index contributed by atoms with van der Waals surface area (Å²) in [4.78, 5) is 24.8. The lowest BCUT2D eigenvalue weighted by Gasteiger charge is -2.11. The summed E-state index contributed by atoms with van der Waals surface area (Å²) in [6.45, 7) is 2.09. The van der Waals surface area contributed by atoms with Crippen molar-refractivity contribution in [3.63, 3.8) is 0 Å². The number of hydrogen-bond acceptors (Lipinski definition) is 7. The highest BCUT2D eigenvalue weighted by atomic mass is 16.5. The Bertz CT molecular complexity index is 1080. The zero-order valence-electron chi connectivity index (χ0n) is 17.5. The van der Waals surface area contributed by atoms with Crippen molar-refractivity contribution in [1.82, 2.24) is 20.3 Å². The number of carbonyl (C=O) groups excluding carboxylic acids is 2. The lowest BCUT2D eigenvalue weighted by molar-refractivity contribution is -0.116. The van der Waals surface area contributed by atoms with Gasteiger partial charge in [0.15, 0.2) is 11.5 Å². The Kier molecular flexibility index (Phi) is 6.71. The van der Waals surface area contributed by atoms with Crippen molar-refractivity contribution in [1.29, 1.82) is 0 Å². The molecule has 2 amide bonds. The molecular weight excluding hydrogens is 400 g/mol. The fourth-order valence-corrected chi connectivity index (χ4v) is 2.80. The van der Waals surface area contributed by atoms with E-state index in [1.54, 1.807) is 18.2 Å². The van der Waals surface area contributed by atoms with E-state index in [-0.39, 0.29) is 18.1 Å². The van der Waals surface area contributed by atoms with Gasteiger partial charge in [0.25, 0.3) is 5.91 Å². The fourth-order valence-electron chi connectivity index (χ4n) is 2.80. The Morgan fingerprint density at radius 2 is 1.84 bits per heavy atom. The molecule has 0 aliphatic heterocycles. The molecule has 10 heteroatoms. The van der Waals surface area contributed by atoms with Crippen LogP contribution < -0.4 is 25.8 Å². The average molecular weight is 424 g/mol. The number of hydrogen-bond donors (Lipinski definition) is 3. The molecule has 0 saturated heterocycles. The van der Waals surface area contributed by atoms with E-state index in [9.17, 15) is 9.59 Å². The number of amides is 2. The Labute approximate surface area is 179 Å². The number of rotatable bonds is 8. The summed E-state index contributed by atoms with van der Waals surface area (Å²) in [7, 11) is 3.02. The topological polar surface area (TPSA) is 133 Å². The van der Waals surface area contributed by atoms with Gasteiger partial charge in [0, 0.05) is 12.6 Å². The number of benzene rings is 2. The summed E-state index contributed by atoms with van der Waals surface area (Å²) < 4.78 is 11.6. The second-order valence-electron chi connectivity index (χ2n) is 6.76. The van der Waals surface area contributed by atoms with Gasteiger partial charge in [-0.15, -0.1) is 5.10 Å². The van der Waals surface area contributed by atoms with Crippen LogP contribution in [0.4, 0.5) is 11.5 Å². The van der Waals surface area contributed by atoms with E-state index < -0.39 is 11.8 Å². The number of nitrogens with two attached hydrogens (primary N) is 1. The third-order valence-electron chi connectivity index (χ3n) is 4.54. The number of carbonyl (C=O) groups is 2. The molecular formula is C21H24N6O4. The highest BCUT2D eigenvalue weighted by Crippen LogP contribution is 2.29. The monoisotopic (exact) mass is 424 g/mol. The van der Waals surface area contributed by atoms with Crippen molar-refractivity contribution in [2.24, 2.45) is 0 Å². The normalized spacial score (nSPS) is 10.4. The van der Waals surface area contributed by atoms with Gasteiger partial charge in [-0.25, -0.2) is 4.68 Å². The van der Waals surface area contributed by atoms with Crippen LogP contribution in [0.2, 0.25) is 0 Å². The van der Waals surface area contributed by atoms with Gasteiger partial charge >= 0.3 is 0 Å². The molecule has 3 aromatic rings. The van der Waals surface area contributed by atoms with Crippen LogP contribution in [0, 0.1) is 6.92 Å². The van der Waals surface area contributed by atoms with E-state index in [0.717, 1.165) is 15.8 Å². The molecule has 0 radical (unpaired) electrons. The smallest absolute Gasteiger partial charge is 0.275 e. The summed E-state index contributed by atoms with van der Waals surface area (Å²) in [6.07, 6.45) is 0. The molecule has 0 aliphatic rings. The summed E-state index contributed by atoms with van der Waals surface area (Å²) >= 11 is 0. The molecule has 0 aliphatic carbocycles. The molecule has 0 unspecified atom stereocenters. The summed E-state index contributed by atoms with van der Waals surface area (Å²) in [5.41, 5.74) is 8.48. The zero-order chi connectivity index (χ0) is 22.4. The van der Waals surface area contributed by atoms with Crippen molar-refractivity contribution in [2.75, 3.05) is 25.3 Å². The van der Waals surface area contributed by atoms with Crippen molar-refractivity contribution in [3.8, 4) is 11.5 Å². The van der Waals surface area contributed by atoms with Gasteiger partial charge in [-0.1, -0.05) is 35.0 Å². The first kappa shape index (κ1) is 21.6. The Hall–Kier alpha value is -4.08. The molecule has 0 saturated carbocycles. The van der Waals surface area contributed by atoms with E-state index in [1.165, 1.54) is 14.2 Å². The fraction of sp³-hybridized carbons (Fsp3) is 0.238. The number of methoxy groups -OCH3 is 2. The molecule has 0 bridgehead atoms. The van der Waals surface area contributed by atoms with Crippen LogP contribution in [0.25, 0.3) is 0 Å². The third kappa shape index (κ3) is 5.30. The van der Waals surface area contributed by atoms with Gasteiger partial charge in [-0.2, -0.15) is 0 Å². The van der Waals surface area contributed by atoms with Crippen LogP contribution in [0.15, 0.2) is 42.5 Å². The first-order chi connectivity index (χ1) is 14.9. The third-order valence-corrected chi connectivity index (χ3v) is 4.54. The van der Waals surface area contributed by atoms with Gasteiger partial charge in [-0.3, -0.25) is 9.59 Å². The molecule has 4 N–H and O–H groups in total. The quantitative estimate of drug-likeness (QED) is 0.502. The molecule has 1 heterocycles. The van der Waals surface area contributed by atoms with Crippen LogP contribution >= 0.6 is 0 Å². The van der Waals surface area contributed by atoms with Gasteiger partial charge in [-0.05, 0) is 24.6 Å². The highest BCUT2D eigenvalue weighted by molar-refractivity contribution is 5.97. The number of aromatic nitrogens is 3.